The topological polar surface area (TPSA) is 100 Å². The number of carbonyl (C=O) groups excluding carboxylic acids is 1. The number of carboxylic acids is 1. The molecule has 3 aliphatic rings. The zero-order valence-electron chi connectivity index (χ0n) is 15.1. The van der Waals surface area contributed by atoms with Crippen molar-refractivity contribution in [3.63, 3.8) is 0 Å². The fourth-order valence-electron chi connectivity index (χ4n) is 3.63. The van der Waals surface area contributed by atoms with Gasteiger partial charge in [-0.05, 0) is 43.7 Å². The minimum Gasteiger partial charge on any atom is -0.486 e. The number of aliphatic carboxylic acids is 1. The molecule has 0 atom stereocenters. The van der Waals surface area contributed by atoms with E-state index in [1.54, 1.807) is 18.2 Å². The highest BCUT2D eigenvalue weighted by Crippen LogP contribution is 2.34. The van der Waals surface area contributed by atoms with Crippen LogP contribution < -0.4 is 20.1 Å². The van der Waals surface area contributed by atoms with E-state index in [4.69, 9.17) is 14.6 Å². The van der Waals surface area contributed by atoms with Gasteiger partial charge < -0.3 is 25.2 Å². The summed E-state index contributed by atoms with van der Waals surface area (Å²) < 4.78 is 11.0. The molecule has 8 nitrogen and oxygen atoms in total. The first-order chi connectivity index (χ1) is 13.1. The zero-order chi connectivity index (χ0) is 18.8. The van der Waals surface area contributed by atoms with Crippen LogP contribution in [-0.2, 0) is 4.79 Å². The first kappa shape index (κ1) is 17.9. The maximum Gasteiger partial charge on any atom is 0.319 e. The van der Waals surface area contributed by atoms with Crippen molar-refractivity contribution in [2.45, 2.75) is 37.8 Å². The van der Waals surface area contributed by atoms with Crippen LogP contribution in [0.1, 0.15) is 25.7 Å². The van der Waals surface area contributed by atoms with Crippen LogP contribution in [0.4, 0.5) is 10.5 Å². The van der Waals surface area contributed by atoms with Crippen molar-refractivity contribution < 1.29 is 24.2 Å². The van der Waals surface area contributed by atoms with Crippen molar-refractivity contribution in [1.29, 1.82) is 0 Å². The van der Waals surface area contributed by atoms with Crippen LogP contribution in [0.2, 0.25) is 0 Å². The number of urea groups is 1. The Morgan fingerprint density at radius 2 is 1.89 bits per heavy atom. The fourth-order valence-corrected chi connectivity index (χ4v) is 3.63. The van der Waals surface area contributed by atoms with Gasteiger partial charge in [-0.2, -0.15) is 0 Å². The number of hydrogen-bond acceptors (Lipinski definition) is 5. The molecular formula is C19H25N3O5. The summed E-state index contributed by atoms with van der Waals surface area (Å²) in [7, 11) is 0. The van der Waals surface area contributed by atoms with Crippen molar-refractivity contribution in [3.8, 4) is 11.5 Å². The third kappa shape index (κ3) is 4.63. The SMILES string of the molecule is O=C(O)CN(CC1CC1)C1CC(NC(=O)Nc2ccc3c(c2)OCCO3)C1. The van der Waals surface area contributed by atoms with Gasteiger partial charge in [0, 0.05) is 30.4 Å². The number of carboxylic acid groups (broad SMARTS) is 1. The van der Waals surface area contributed by atoms with Crippen LogP contribution in [0.5, 0.6) is 11.5 Å². The maximum absolute atomic E-state index is 12.2. The first-order valence-corrected chi connectivity index (χ1v) is 9.50. The molecule has 0 radical (unpaired) electrons. The van der Waals surface area contributed by atoms with Gasteiger partial charge in [-0.1, -0.05) is 0 Å². The van der Waals surface area contributed by atoms with Gasteiger partial charge >= 0.3 is 12.0 Å². The molecule has 2 amide bonds. The molecule has 27 heavy (non-hydrogen) atoms. The lowest BCUT2D eigenvalue weighted by Crippen LogP contribution is -2.55. The molecule has 0 bridgehead atoms. The molecule has 0 unspecified atom stereocenters. The van der Waals surface area contributed by atoms with Crippen LogP contribution in [-0.4, -0.2) is 60.4 Å². The quantitative estimate of drug-likeness (QED) is 0.673. The van der Waals surface area contributed by atoms with E-state index in [0.29, 0.717) is 36.3 Å². The zero-order valence-corrected chi connectivity index (χ0v) is 15.1. The number of nitrogens with zero attached hydrogens (tertiary/aromatic N) is 1. The summed E-state index contributed by atoms with van der Waals surface area (Å²) in [6.45, 7) is 1.97. The number of benzene rings is 1. The highest BCUT2D eigenvalue weighted by molar-refractivity contribution is 5.90. The number of carbonyl (C=O) groups is 2. The second-order valence-electron chi connectivity index (χ2n) is 7.55. The maximum atomic E-state index is 12.2. The molecular weight excluding hydrogens is 350 g/mol. The molecule has 0 aromatic heterocycles. The van der Waals surface area contributed by atoms with E-state index in [0.717, 1.165) is 19.4 Å². The molecule has 146 valence electrons. The predicted molar refractivity (Wildman–Crippen MR) is 98.3 cm³/mol. The van der Waals surface area contributed by atoms with Gasteiger partial charge in [0.2, 0.25) is 0 Å². The second-order valence-corrected chi connectivity index (χ2v) is 7.55. The Labute approximate surface area is 157 Å². The van der Waals surface area contributed by atoms with E-state index in [-0.39, 0.29) is 24.7 Å². The Bertz CT molecular complexity index is 715. The molecule has 2 saturated carbocycles. The Morgan fingerprint density at radius 3 is 2.59 bits per heavy atom. The van der Waals surface area contributed by atoms with Crippen LogP contribution in [0.25, 0.3) is 0 Å². The summed E-state index contributed by atoms with van der Waals surface area (Å²) in [6, 6.07) is 5.36. The van der Waals surface area contributed by atoms with Gasteiger partial charge in [-0.3, -0.25) is 9.69 Å². The molecule has 1 aromatic carbocycles. The summed E-state index contributed by atoms with van der Waals surface area (Å²) in [5.41, 5.74) is 0.647. The Balaban J connectivity index is 1.24. The average molecular weight is 375 g/mol. The first-order valence-electron chi connectivity index (χ1n) is 9.50. The molecule has 2 aliphatic carbocycles. The number of fused-ring (bicyclic) bond motifs is 1. The second kappa shape index (κ2) is 7.64. The highest BCUT2D eigenvalue weighted by Gasteiger charge is 2.37. The van der Waals surface area contributed by atoms with Crippen molar-refractivity contribution in [1.82, 2.24) is 10.2 Å². The number of nitrogens with one attached hydrogen (secondary N) is 2. The van der Waals surface area contributed by atoms with Gasteiger partial charge in [0.1, 0.15) is 13.2 Å². The third-order valence-electron chi connectivity index (χ3n) is 5.29. The van der Waals surface area contributed by atoms with Gasteiger partial charge in [0.25, 0.3) is 0 Å². The van der Waals surface area contributed by atoms with E-state index in [1.165, 1.54) is 12.8 Å². The smallest absolute Gasteiger partial charge is 0.319 e. The van der Waals surface area contributed by atoms with Crippen molar-refractivity contribution in [2.24, 2.45) is 5.92 Å². The molecule has 0 spiro atoms. The van der Waals surface area contributed by atoms with E-state index >= 15 is 0 Å². The summed E-state index contributed by atoms with van der Waals surface area (Å²) in [5, 5.41) is 14.9. The standard InChI is InChI=1S/C19H25N3O5/c23-18(24)11-22(10-12-1-2-12)15-7-14(8-15)21-19(25)20-13-3-4-16-17(9-13)27-6-5-26-16/h3-4,9,12,14-15H,1-2,5-8,10-11H2,(H,23,24)(H2,20,21,25). The van der Waals surface area contributed by atoms with Crippen LogP contribution >= 0.6 is 0 Å². The number of amides is 2. The summed E-state index contributed by atoms with van der Waals surface area (Å²) in [4.78, 5) is 25.4. The Kier molecular flexibility index (Phi) is 5.07. The highest BCUT2D eigenvalue weighted by atomic mass is 16.6. The molecule has 2 fully saturated rings. The molecule has 1 heterocycles. The minimum absolute atomic E-state index is 0.0720. The minimum atomic E-state index is -0.789. The molecule has 1 aromatic rings. The number of ether oxygens (including phenoxy) is 2. The van der Waals surface area contributed by atoms with Gasteiger partial charge in [-0.15, -0.1) is 0 Å². The van der Waals surface area contributed by atoms with Gasteiger partial charge in [0.05, 0.1) is 6.54 Å². The Morgan fingerprint density at radius 1 is 1.15 bits per heavy atom. The third-order valence-corrected chi connectivity index (χ3v) is 5.29. The van der Waals surface area contributed by atoms with Crippen molar-refractivity contribution in [2.75, 3.05) is 31.6 Å². The van der Waals surface area contributed by atoms with Crippen LogP contribution in [0.3, 0.4) is 0 Å². The predicted octanol–water partition coefficient (Wildman–Crippen LogP) is 1.91. The van der Waals surface area contributed by atoms with Gasteiger partial charge in [-0.25, -0.2) is 4.79 Å². The lowest BCUT2D eigenvalue weighted by atomic mass is 9.85. The molecule has 4 rings (SSSR count). The largest absolute Gasteiger partial charge is 0.486 e. The van der Waals surface area contributed by atoms with E-state index in [1.807, 2.05) is 0 Å². The van der Waals surface area contributed by atoms with E-state index in [2.05, 4.69) is 15.5 Å². The fraction of sp³-hybridized carbons (Fsp3) is 0.579. The lowest BCUT2D eigenvalue weighted by Gasteiger charge is -2.42. The Hall–Kier alpha value is -2.48. The average Bonchev–Trinajstić information content (AvgIpc) is 3.41. The molecule has 8 heteroatoms. The molecule has 3 N–H and O–H groups in total. The van der Waals surface area contributed by atoms with Crippen molar-refractivity contribution in [3.05, 3.63) is 18.2 Å². The van der Waals surface area contributed by atoms with E-state index < -0.39 is 5.97 Å². The lowest BCUT2D eigenvalue weighted by molar-refractivity contribution is -0.139. The van der Waals surface area contributed by atoms with Crippen LogP contribution in [0, 0.1) is 5.92 Å². The summed E-state index contributed by atoms with van der Waals surface area (Å²) in [5.74, 6) is 1.17. The van der Waals surface area contributed by atoms with E-state index in [9.17, 15) is 9.59 Å². The number of anilines is 1. The van der Waals surface area contributed by atoms with Crippen molar-refractivity contribution >= 4 is 17.7 Å². The number of hydrogen-bond donors (Lipinski definition) is 3. The molecule has 1 aliphatic heterocycles. The molecule has 0 saturated heterocycles. The number of rotatable bonds is 7. The van der Waals surface area contributed by atoms with Crippen LogP contribution in [0.15, 0.2) is 18.2 Å². The summed E-state index contributed by atoms with van der Waals surface area (Å²) >= 11 is 0. The van der Waals surface area contributed by atoms with Gasteiger partial charge in [0.15, 0.2) is 11.5 Å². The summed E-state index contributed by atoms with van der Waals surface area (Å²) in [6.07, 6.45) is 3.97. The normalized spacial score (nSPS) is 23.4. The monoisotopic (exact) mass is 375 g/mol.